The maximum absolute atomic E-state index is 12.8. The standard InChI is InChI=1S/C21H41NO4Si2/c1-20(2,3)26-19(24)22-17(15-25-28(10,11)21(4,5)6)16(14-18(22)23)12-13-27(7,8)9/h12-13,16-17H,14-15H2,1-11H3/b13-12+/t16-,17+/m0/s1. The lowest BCUT2D eigenvalue weighted by atomic mass is 10.0. The molecule has 1 saturated heterocycles. The van der Waals surface area contributed by atoms with Crippen LogP contribution in [-0.2, 0) is 14.0 Å². The van der Waals surface area contributed by atoms with Crippen LogP contribution in [0.1, 0.15) is 48.0 Å². The molecule has 2 atom stereocenters. The van der Waals surface area contributed by atoms with Crippen molar-refractivity contribution in [3.05, 3.63) is 11.8 Å². The zero-order valence-electron chi connectivity index (χ0n) is 19.8. The molecule has 0 aliphatic carbocycles. The maximum Gasteiger partial charge on any atom is 0.417 e. The molecule has 1 heterocycles. The molecular weight excluding hydrogens is 386 g/mol. The van der Waals surface area contributed by atoms with E-state index in [9.17, 15) is 9.59 Å². The highest BCUT2D eigenvalue weighted by Crippen LogP contribution is 2.38. The van der Waals surface area contributed by atoms with Gasteiger partial charge in [0.05, 0.1) is 20.7 Å². The average Bonchev–Trinajstić information content (AvgIpc) is 2.75. The third kappa shape index (κ3) is 7.15. The normalized spacial score (nSPS) is 22.2. The minimum atomic E-state index is -2.00. The molecule has 1 aliphatic rings. The van der Waals surface area contributed by atoms with Gasteiger partial charge in [-0.2, -0.15) is 0 Å². The number of hydrogen-bond donors (Lipinski definition) is 0. The van der Waals surface area contributed by atoms with Crippen LogP contribution < -0.4 is 0 Å². The summed E-state index contributed by atoms with van der Waals surface area (Å²) in [6.45, 7) is 23.5. The Labute approximate surface area is 174 Å². The molecule has 2 amide bonds. The SMILES string of the molecule is CC(C)(C)OC(=O)N1C(=O)C[C@H](/C=C/[Si](C)(C)C)[C@H]1CO[Si](C)(C)C(C)(C)C. The van der Waals surface area contributed by atoms with Crippen LogP contribution in [0.5, 0.6) is 0 Å². The highest BCUT2D eigenvalue weighted by atomic mass is 28.4. The number of imide groups is 1. The number of carbonyl (C=O) groups excluding carboxylic acids is 2. The van der Waals surface area contributed by atoms with Gasteiger partial charge < -0.3 is 9.16 Å². The molecule has 28 heavy (non-hydrogen) atoms. The molecule has 0 spiro atoms. The van der Waals surface area contributed by atoms with Crippen molar-refractivity contribution < 1.29 is 18.8 Å². The summed E-state index contributed by atoms with van der Waals surface area (Å²) in [7, 11) is -3.41. The number of ether oxygens (including phenoxy) is 1. The molecule has 5 nitrogen and oxygen atoms in total. The largest absolute Gasteiger partial charge is 0.443 e. The molecule has 0 aromatic heterocycles. The molecule has 1 fully saturated rings. The van der Waals surface area contributed by atoms with E-state index in [4.69, 9.17) is 9.16 Å². The van der Waals surface area contributed by atoms with Crippen molar-refractivity contribution >= 4 is 28.4 Å². The van der Waals surface area contributed by atoms with Gasteiger partial charge >= 0.3 is 6.09 Å². The Morgan fingerprint density at radius 3 is 2.07 bits per heavy atom. The first kappa shape index (κ1) is 25.1. The number of likely N-dealkylation sites (tertiary alicyclic amines) is 1. The molecule has 1 aliphatic heterocycles. The first-order valence-corrected chi connectivity index (χ1v) is 16.7. The minimum absolute atomic E-state index is 0.0310. The fourth-order valence-electron chi connectivity index (χ4n) is 2.68. The molecule has 162 valence electrons. The summed E-state index contributed by atoms with van der Waals surface area (Å²) in [5.41, 5.74) is 1.61. The van der Waals surface area contributed by atoms with Gasteiger partial charge in [-0.3, -0.25) is 4.79 Å². The number of nitrogens with zero attached hydrogens (tertiary/aromatic N) is 1. The third-order valence-corrected chi connectivity index (χ3v) is 11.1. The second-order valence-corrected chi connectivity index (χ2v) is 21.4. The summed E-state index contributed by atoms with van der Waals surface area (Å²) in [5, 5.41) is 0.0655. The number of amides is 2. The Kier molecular flexibility index (Phi) is 7.57. The van der Waals surface area contributed by atoms with Gasteiger partial charge in [-0.25, -0.2) is 9.69 Å². The molecule has 0 aromatic carbocycles. The van der Waals surface area contributed by atoms with Gasteiger partial charge in [0.25, 0.3) is 0 Å². The second kappa shape index (κ2) is 8.44. The Hall–Kier alpha value is -0.926. The summed E-state index contributed by atoms with van der Waals surface area (Å²) in [5.74, 6) is -0.209. The van der Waals surface area contributed by atoms with Crippen LogP contribution in [0.2, 0.25) is 37.8 Å². The highest BCUT2D eigenvalue weighted by Gasteiger charge is 2.46. The van der Waals surface area contributed by atoms with Crippen LogP contribution in [0, 0.1) is 5.92 Å². The van der Waals surface area contributed by atoms with Gasteiger partial charge in [-0.15, -0.1) is 0 Å². The van der Waals surface area contributed by atoms with Crippen molar-refractivity contribution in [2.45, 2.75) is 97.4 Å². The van der Waals surface area contributed by atoms with Gasteiger partial charge in [0.1, 0.15) is 5.60 Å². The second-order valence-electron chi connectivity index (χ2n) is 11.5. The first-order chi connectivity index (χ1) is 12.3. The zero-order chi connectivity index (χ0) is 22.1. The molecule has 0 N–H and O–H groups in total. The van der Waals surface area contributed by atoms with Gasteiger partial charge in [0.2, 0.25) is 5.91 Å². The lowest BCUT2D eigenvalue weighted by molar-refractivity contribution is -0.128. The van der Waals surface area contributed by atoms with E-state index in [0.717, 1.165) is 0 Å². The number of carbonyl (C=O) groups is 2. The molecule has 1 rings (SSSR count). The molecule has 0 aromatic rings. The van der Waals surface area contributed by atoms with E-state index in [1.807, 2.05) is 20.8 Å². The summed E-state index contributed by atoms with van der Waals surface area (Å²) < 4.78 is 11.9. The smallest absolute Gasteiger partial charge is 0.417 e. The summed E-state index contributed by atoms with van der Waals surface area (Å²) in [4.78, 5) is 26.8. The van der Waals surface area contributed by atoms with Crippen molar-refractivity contribution in [1.82, 2.24) is 4.90 Å². The lowest BCUT2D eigenvalue weighted by Gasteiger charge is -2.38. The molecular formula is C21H41NO4Si2. The predicted octanol–water partition coefficient (Wildman–Crippen LogP) is 5.59. The monoisotopic (exact) mass is 427 g/mol. The van der Waals surface area contributed by atoms with E-state index in [1.54, 1.807) is 0 Å². The molecule has 0 bridgehead atoms. The Morgan fingerprint density at radius 2 is 1.64 bits per heavy atom. The van der Waals surface area contributed by atoms with Gasteiger partial charge in [-0.1, -0.05) is 52.2 Å². The van der Waals surface area contributed by atoms with E-state index < -0.39 is 28.1 Å². The number of hydrogen-bond acceptors (Lipinski definition) is 4. The fourth-order valence-corrected chi connectivity index (χ4v) is 4.52. The zero-order valence-corrected chi connectivity index (χ0v) is 21.8. The fraction of sp³-hybridized carbons (Fsp3) is 0.810. The van der Waals surface area contributed by atoms with E-state index in [1.165, 1.54) is 4.90 Å². The topological polar surface area (TPSA) is 55.8 Å². The van der Waals surface area contributed by atoms with Crippen molar-refractivity contribution in [3.8, 4) is 0 Å². The van der Waals surface area contributed by atoms with E-state index in [2.05, 4.69) is 65.3 Å². The van der Waals surface area contributed by atoms with Crippen molar-refractivity contribution in [2.75, 3.05) is 6.61 Å². The average molecular weight is 428 g/mol. The van der Waals surface area contributed by atoms with Crippen LogP contribution in [-0.4, -0.2) is 51.5 Å². The number of rotatable bonds is 5. The molecule has 0 saturated carbocycles. The minimum Gasteiger partial charge on any atom is -0.443 e. The van der Waals surface area contributed by atoms with Gasteiger partial charge in [0, 0.05) is 12.3 Å². The van der Waals surface area contributed by atoms with Crippen molar-refractivity contribution in [1.29, 1.82) is 0 Å². The predicted molar refractivity (Wildman–Crippen MR) is 121 cm³/mol. The van der Waals surface area contributed by atoms with Crippen LogP contribution in [0.25, 0.3) is 0 Å². The van der Waals surface area contributed by atoms with Gasteiger partial charge in [-0.05, 0) is 38.9 Å². The van der Waals surface area contributed by atoms with Crippen molar-refractivity contribution in [2.24, 2.45) is 5.92 Å². The summed E-state index contributed by atoms with van der Waals surface area (Å²) >= 11 is 0. The molecule has 0 unspecified atom stereocenters. The molecule has 7 heteroatoms. The third-order valence-electron chi connectivity index (χ3n) is 5.36. The quantitative estimate of drug-likeness (QED) is 0.536. The van der Waals surface area contributed by atoms with Crippen LogP contribution >= 0.6 is 0 Å². The first-order valence-electron chi connectivity index (χ1n) is 10.2. The van der Waals surface area contributed by atoms with E-state index in [0.29, 0.717) is 13.0 Å². The Morgan fingerprint density at radius 1 is 1.11 bits per heavy atom. The van der Waals surface area contributed by atoms with E-state index in [-0.39, 0.29) is 22.9 Å². The Bertz CT molecular complexity index is 609. The van der Waals surface area contributed by atoms with Crippen LogP contribution in [0.3, 0.4) is 0 Å². The highest BCUT2D eigenvalue weighted by molar-refractivity contribution is 6.81. The van der Waals surface area contributed by atoms with Crippen LogP contribution in [0.15, 0.2) is 11.8 Å². The Balaban J connectivity index is 3.14. The van der Waals surface area contributed by atoms with Crippen LogP contribution in [0.4, 0.5) is 4.79 Å². The van der Waals surface area contributed by atoms with E-state index >= 15 is 0 Å². The lowest BCUT2D eigenvalue weighted by Crippen LogP contribution is -2.49. The van der Waals surface area contributed by atoms with Crippen molar-refractivity contribution in [3.63, 3.8) is 0 Å². The summed E-state index contributed by atoms with van der Waals surface area (Å²) in [6.07, 6.45) is 1.89. The van der Waals surface area contributed by atoms with Gasteiger partial charge in [0.15, 0.2) is 8.32 Å². The molecule has 0 radical (unpaired) electrons. The maximum atomic E-state index is 12.8. The summed E-state index contributed by atoms with van der Waals surface area (Å²) in [6, 6.07) is -0.316.